The van der Waals surface area contributed by atoms with Gasteiger partial charge in [-0.05, 0) is 29.8 Å². The number of benzene rings is 3. The molecule has 0 saturated heterocycles. The average Bonchev–Trinajstić information content (AvgIpc) is 2.77. The standard InChI is InChI=1S/C24H18N2O4/c25-14-13-16-9-11-17(12-10-16)26-22(27)15-29-24(28)23-18-5-1-3-7-20(18)30-21-8-4-2-6-19(21)23/h1-12,23H,13,15H2,(H,26,27). The Hall–Kier alpha value is -4.11. The SMILES string of the molecule is N#CCc1ccc(NC(=O)COC(=O)C2c3ccccc3Oc3ccccc32)cc1. The van der Waals surface area contributed by atoms with Gasteiger partial charge >= 0.3 is 5.97 Å². The fraction of sp³-hybridized carbons (Fsp3) is 0.125. The molecule has 6 nitrogen and oxygen atoms in total. The number of fused-ring (bicyclic) bond motifs is 2. The number of esters is 1. The van der Waals surface area contributed by atoms with E-state index >= 15 is 0 Å². The van der Waals surface area contributed by atoms with Crippen LogP contribution in [-0.2, 0) is 20.7 Å². The number of ether oxygens (including phenoxy) is 2. The fourth-order valence-electron chi connectivity index (χ4n) is 3.38. The van der Waals surface area contributed by atoms with Gasteiger partial charge in [0.05, 0.1) is 12.5 Å². The number of carbonyl (C=O) groups excluding carboxylic acids is 2. The number of hydrogen-bond acceptors (Lipinski definition) is 5. The smallest absolute Gasteiger partial charge is 0.318 e. The molecule has 4 rings (SSSR count). The molecule has 0 bridgehead atoms. The number of nitrogens with zero attached hydrogens (tertiary/aromatic N) is 1. The number of anilines is 1. The second kappa shape index (κ2) is 8.50. The van der Waals surface area contributed by atoms with E-state index in [0.29, 0.717) is 34.7 Å². The molecule has 0 radical (unpaired) electrons. The second-order valence-corrected chi connectivity index (χ2v) is 6.80. The highest BCUT2D eigenvalue weighted by Crippen LogP contribution is 2.44. The maximum absolute atomic E-state index is 12.9. The molecule has 1 amide bonds. The Kier molecular flexibility index (Phi) is 5.44. The highest BCUT2D eigenvalue weighted by atomic mass is 16.5. The van der Waals surface area contributed by atoms with Gasteiger partial charge in [0.25, 0.3) is 5.91 Å². The van der Waals surface area contributed by atoms with Crippen LogP contribution in [0.2, 0.25) is 0 Å². The lowest BCUT2D eigenvalue weighted by Gasteiger charge is -2.26. The Morgan fingerprint density at radius 3 is 2.13 bits per heavy atom. The summed E-state index contributed by atoms with van der Waals surface area (Å²) >= 11 is 0. The van der Waals surface area contributed by atoms with E-state index in [4.69, 9.17) is 14.7 Å². The van der Waals surface area contributed by atoms with Gasteiger partial charge in [0.15, 0.2) is 6.61 Å². The zero-order valence-electron chi connectivity index (χ0n) is 16.0. The van der Waals surface area contributed by atoms with Crippen LogP contribution in [0.3, 0.4) is 0 Å². The molecule has 0 fully saturated rings. The third-order valence-electron chi connectivity index (χ3n) is 4.78. The number of hydrogen-bond donors (Lipinski definition) is 1. The molecule has 148 valence electrons. The molecule has 6 heteroatoms. The summed E-state index contributed by atoms with van der Waals surface area (Å²) in [6.45, 7) is -0.402. The van der Waals surface area contributed by atoms with Crippen LogP contribution in [0.1, 0.15) is 22.6 Å². The molecule has 1 heterocycles. The maximum atomic E-state index is 12.9. The molecule has 0 aliphatic carbocycles. The van der Waals surface area contributed by atoms with Crippen molar-refractivity contribution in [2.75, 3.05) is 11.9 Å². The quantitative estimate of drug-likeness (QED) is 0.652. The largest absolute Gasteiger partial charge is 0.457 e. The number of rotatable bonds is 5. The number of nitrogens with one attached hydrogen (secondary N) is 1. The van der Waals surface area contributed by atoms with Crippen molar-refractivity contribution in [1.29, 1.82) is 5.26 Å². The minimum absolute atomic E-state index is 0.305. The lowest BCUT2D eigenvalue weighted by Crippen LogP contribution is -2.26. The first kappa shape index (κ1) is 19.2. The zero-order valence-corrected chi connectivity index (χ0v) is 16.0. The normalized spacial score (nSPS) is 12.0. The molecule has 0 unspecified atom stereocenters. The van der Waals surface area contributed by atoms with Crippen LogP contribution in [0.4, 0.5) is 5.69 Å². The highest BCUT2D eigenvalue weighted by Gasteiger charge is 2.33. The molecule has 0 atom stereocenters. The van der Waals surface area contributed by atoms with E-state index in [-0.39, 0.29) is 0 Å². The lowest BCUT2D eigenvalue weighted by atomic mass is 9.88. The summed E-state index contributed by atoms with van der Waals surface area (Å²) < 4.78 is 11.2. The van der Waals surface area contributed by atoms with Crippen LogP contribution in [0.25, 0.3) is 0 Å². The van der Waals surface area contributed by atoms with Crippen LogP contribution in [-0.4, -0.2) is 18.5 Å². The number of nitriles is 1. The van der Waals surface area contributed by atoms with E-state index in [1.165, 1.54) is 0 Å². The van der Waals surface area contributed by atoms with Crippen molar-refractivity contribution in [3.63, 3.8) is 0 Å². The van der Waals surface area contributed by atoms with Crippen molar-refractivity contribution < 1.29 is 19.1 Å². The van der Waals surface area contributed by atoms with Crippen molar-refractivity contribution >= 4 is 17.6 Å². The van der Waals surface area contributed by atoms with Crippen molar-refractivity contribution in [3.05, 3.63) is 89.5 Å². The van der Waals surface area contributed by atoms with Gasteiger partial charge in [-0.15, -0.1) is 0 Å². The first-order valence-electron chi connectivity index (χ1n) is 9.44. The van der Waals surface area contributed by atoms with E-state index in [9.17, 15) is 9.59 Å². The van der Waals surface area contributed by atoms with Crippen LogP contribution >= 0.6 is 0 Å². The minimum atomic E-state index is -0.663. The summed E-state index contributed by atoms with van der Waals surface area (Å²) in [6, 6.07) is 23.6. The van der Waals surface area contributed by atoms with E-state index in [0.717, 1.165) is 5.56 Å². The Morgan fingerprint density at radius 2 is 1.53 bits per heavy atom. The Balaban J connectivity index is 1.44. The lowest BCUT2D eigenvalue weighted by molar-refractivity contribution is -0.148. The first-order valence-corrected chi connectivity index (χ1v) is 9.44. The van der Waals surface area contributed by atoms with Crippen molar-refractivity contribution in [2.24, 2.45) is 0 Å². The zero-order chi connectivity index (χ0) is 20.9. The van der Waals surface area contributed by atoms with Gasteiger partial charge < -0.3 is 14.8 Å². The van der Waals surface area contributed by atoms with E-state index in [1.807, 2.05) is 36.4 Å². The van der Waals surface area contributed by atoms with Gasteiger partial charge in [-0.3, -0.25) is 9.59 Å². The average molecular weight is 398 g/mol. The Labute approximate surface area is 173 Å². The summed E-state index contributed by atoms with van der Waals surface area (Å²) in [7, 11) is 0. The molecule has 30 heavy (non-hydrogen) atoms. The Morgan fingerprint density at radius 1 is 0.933 bits per heavy atom. The number of amides is 1. The highest BCUT2D eigenvalue weighted by molar-refractivity contribution is 5.94. The van der Waals surface area contributed by atoms with Crippen LogP contribution in [0.5, 0.6) is 11.5 Å². The predicted octanol–water partition coefficient (Wildman–Crippen LogP) is 4.17. The molecule has 0 aromatic heterocycles. The van der Waals surface area contributed by atoms with Crippen LogP contribution < -0.4 is 10.1 Å². The summed E-state index contributed by atoms with van der Waals surface area (Å²) in [4.78, 5) is 25.1. The van der Waals surface area contributed by atoms with Gasteiger partial charge in [0.2, 0.25) is 0 Å². The monoisotopic (exact) mass is 398 g/mol. The van der Waals surface area contributed by atoms with Gasteiger partial charge in [-0.2, -0.15) is 5.26 Å². The topological polar surface area (TPSA) is 88.4 Å². The van der Waals surface area contributed by atoms with Crippen LogP contribution in [0.15, 0.2) is 72.8 Å². The van der Waals surface area contributed by atoms with Crippen molar-refractivity contribution in [3.8, 4) is 17.6 Å². The number of para-hydroxylation sites is 2. The summed E-state index contributed by atoms with van der Waals surface area (Å²) in [5.74, 6) is -0.424. The van der Waals surface area contributed by atoms with Crippen molar-refractivity contribution in [2.45, 2.75) is 12.3 Å². The van der Waals surface area contributed by atoms with Gasteiger partial charge in [-0.25, -0.2) is 0 Å². The Bertz CT molecular complexity index is 1090. The maximum Gasteiger partial charge on any atom is 0.318 e. The molecule has 0 saturated carbocycles. The third kappa shape index (κ3) is 4.01. The van der Waals surface area contributed by atoms with Gasteiger partial charge in [0.1, 0.15) is 17.4 Å². The van der Waals surface area contributed by atoms with E-state index in [1.54, 1.807) is 36.4 Å². The summed E-state index contributed by atoms with van der Waals surface area (Å²) in [5.41, 5.74) is 2.84. The first-order chi connectivity index (χ1) is 14.7. The molecular weight excluding hydrogens is 380 g/mol. The molecule has 1 N–H and O–H groups in total. The molecule has 0 spiro atoms. The molecule has 1 aliphatic rings. The van der Waals surface area contributed by atoms with Crippen molar-refractivity contribution in [1.82, 2.24) is 0 Å². The third-order valence-corrected chi connectivity index (χ3v) is 4.78. The van der Waals surface area contributed by atoms with Gasteiger partial charge in [0, 0.05) is 16.8 Å². The van der Waals surface area contributed by atoms with E-state index in [2.05, 4.69) is 11.4 Å². The molecule has 3 aromatic rings. The number of carbonyl (C=O) groups is 2. The van der Waals surface area contributed by atoms with E-state index < -0.39 is 24.4 Å². The fourth-order valence-corrected chi connectivity index (χ4v) is 3.38. The second-order valence-electron chi connectivity index (χ2n) is 6.80. The van der Waals surface area contributed by atoms with Crippen LogP contribution in [0, 0.1) is 11.3 Å². The summed E-state index contributed by atoms with van der Waals surface area (Å²) in [5, 5.41) is 11.4. The predicted molar refractivity (Wildman–Crippen MR) is 110 cm³/mol. The van der Waals surface area contributed by atoms with Gasteiger partial charge in [-0.1, -0.05) is 48.5 Å². The molecular formula is C24H18N2O4. The molecule has 1 aliphatic heterocycles. The minimum Gasteiger partial charge on any atom is -0.457 e. The molecule has 3 aromatic carbocycles. The summed E-state index contributed by atoms with van der Waals surface area (Å²) in [6.07, 6.45) is 0.305.